The third kappa shape index (κ3) is 4.21. The van der Waals surface area contributed by atoms with E-state index in [2.05, 4.69) is 4.98 Å². The van der Waals surface area contributed by atoms with Crippen LogP contribution in [-0.2, 0) is 13.1 Å². The summed E-state index contributed by atoms with van der Waals surface area (Å²) >= 11 is 0. The third-order valence-corrected chi connectivity index (χ3v) is 3.90. The number of rotatable bonds is 6. The van der Waals surface area contributed by atoms with Gasteiger partial charge in [0.2, 0.25) is 0 Å². The van der Waals surface area contributed by atoms with Crippen molar-refractivity contribution in [1.29, 1.82) is 5.26 Å². The number of pyridine rings is 1. The quantitative estimate of drug-likeness (QED) is 0.652. The van der Waals surface area contributed by atoms with Gasteiger partial charge in [-0.3, -0.25) is 4.98 Å². The molecule has 0 N–H and O–H groups in total. The second kappa shape index (κ2) is 8.07. The van der Waals surface area contributed by atoms with Gasteiger partial charge in [0.15, 0.2) is 0 Å². The molecule has 0 aliphatic heterocycles. The van der Waals surface area contributed by atoms with E-state index < -0.39 is 6.67 Å². The molecule has 1 unspecified atom stereocenters. The van der Waals surface area contributed by atoms with E-state index in [0.29, 0.717) is 23.3 Å². The van der Waals surface area contributed by atoms with E-state index in [1.165, 1.54) is 0 Å². The molecule has 2 aromatic carbocycles. The first kappa shape index (κ1) is 16.7. The Labute approximate surface area is 146 Å². The second-order valence-electron chi connectivity index (χ2n) is 5.62. The molecule has 0 saturated carbocycles. The Hall–Kier alpha value is -3.19. The lowest BCUT2D eigenvalue weighted by Crippen LogP contribution is -2.12. The predicted molar refractivity (Wildman–Crippen MR) is 93.7 cm³/mol. The van der Waals surface area contributed by atoms with Crippen LogP contribution in [0.25, 0.3) is 0 Å². The van der Waals surface area contributed by atoms with Crippen molar-refractivity contribution in [3.05, 3.63) is 95.3 Å². The molecule has 0 saturated heterocycles. The van der Waals surface area contributed by atoms with Crippen LogP contribution < -0.4 is 4.74 Å². The van der Waals surface area contributed by atoms with Gasteiger partial charge in [0.1, 0.15) is 18.5 Å². The van der Waals surface area contributed by atoms with Crippen LogP contribution in [0.5, 0.6) is 5.75 Å². The molecule has 0 aliphatic rings. The van der Waals surface area contributed by atoms with Crippen molar-refractivity contribution in [3.63, 3.8) is 0 Å². The summed E-state index contributed by atoms with van der Waals surface area (Å²) in [6.07, 6.45) is 2.06. The summed E-state index contributed by atoms with van der Waals surface area (Å²) in [7, 11) is 0. The van der Waals surface area contributed by atoms with Crippen LogP contribution in [0.1, 0.15) is 28.5 Å². The first-order valence-corrected chi connectivity index (χ1v) is 8.00. The van der Waals surface area contributed by atoms with Crippen molar-refractivity contribution in [1.82, 2.24) is 4.98 Å². The second-order valence-corrected chi connectivity index (χ2v) is 5.62. The zero-order chi connectivity index (χ0) is 17.5. The average Bonchev–Trinajstić information content (AvgIpc) is 2.69. The Morgan fingerprint density at radius 3 is 2.52 bits per heavy atom. The van der Waals surface area contributed by atoms with Gasteiger partial charge in [-0.15, -0.1) is 0 Å². The molecular weight excluding hydrogens is 315 g/mol. The highest BCUT2D eigenvalue weighted by Gasteiger charge is 2.16. The normalized spacial score (nSPS) is 11.5. The number of hydrogen-bond acceptors (Lipinski definition) is 3. The van der Waals surface area contributed by atoms with E-state index in [9.17, 15) is 4.39 Å². The minimum atomic E-state index is -0.701. The standard InChI is InChI=1S/C21H17FN2O/c22-14-18-13-19(10-9-17(18)15-23)25-21(20-8-4-5-11-24-20)12-16-6-2-1-3-7-16/h1-11,13,21H,12,14H2. The molecule has 124 valence electrons. The van der Waals surface area contributed by atoms with Gasteiger partial charge >= 0.3 is 0 Å². The summed E-state index contributed by atoms with van der Waals surface area (Å²) in [6.45, 7) is -0.701. The van der Waals surface area contributed by atoms with E-state index in [0.717, 1.165) is 11.3 Å². The van der Waals surface area contributed by atoms with Crippen molar-refractivity contribution in [2.75, 3.05) is 0 Å². The smallest absolute Gasteiger partial charge is 0.144 e. The fourth-order valence-corrected chi connectivity index (χ4v) is 2.63. The maximum Gasteiger partial charge on any atom is 0.144 e. The minimum absolute atomic E-state index is 0.302. The Kier molecular flexibility index (Phi) is 5.38. The molecule has 0 bridgehead atoms. The fraction of sp³-hybridized carbons (Fsp3) is 0.143. The van der Waals surface area contributed by atoms with Crippen LogP contribution in [0, 0.1) is 11.3 Å². The molecule has 25 heavy (non-hydrogen) atoms. The van der Waals surface area contributed by atoms with E-state index in [4.69, 9.17) is 10.00 Å². The summed E-state index contributed by atoms with van der Waals surface area (Å²) in [6, 6.07) is 22.5. The van der Waals surface area contributed by atoms with Crippen molar-refractivity contribution in [2.45, 2.75) is 19.2 Å². The first-order valence-electron chi connectivity index (χ1n) is 8.00. The largest absolute Gasteiger partial charge is 0.484 e. The molecule has 3 rings (SSSR count). The van der Waals surface area contributed by atoms with Crippen LogP contribution in [0.3, 0.4) is 0 Å². The Bertz CT molecular complexity index is 860. The Morgan fingerprint density at radius 2 is 1.84 bits per heavy atom. The molecule has 0 aliphatic carbocycles. The number of halogens is 1. The van der Waals surface area contributed by atoms with Gasteiger partial charge in [0.25, 0.3) is 0 Å². The fourth-order valence-electron chi connectivity index (χ4n) is 2.63. The molecule has 1 aromatic heterocycles. The van der Waals surface area contributed by atoms with Crippen LogP contribution >= 0.6 is 0 Å². The highest BCUT2D eigenvalue weighted by atomic mass is 19.1. The molecule has 3 aromatic rings. The number of nitriles is 1. The van der Waals surface area contributed by atoms with Gasteiger partial charge in [0.05, 0.1) is 17.3 Å². The molecule has 1 heterocycles. The molecule has 0 fully saturated rings. The topological polar surface area (TPSA) is 45.9 Å². The van der Waals surface area contributed by atoms with Crippen molar-refractivity contribution in [2.24, 2.45) is 0 Å². The average molecular weight is 332 g/mol. The summed E-state index contributed by atoms with van der Waals surface area (Å²) < 4.78 is 19.2. The zero-order valence-corrected chi connectivity index (χ0v) is 13.6. The lowest BCUT2D eigenvalue weighted by Gasteiger charge is -2.19. The summed E-state index contributed by atoms with van der Waals surface area (Å²) in [4.78, 5) is 4.40. The van der Waals surface area contributed by atoms with Gasteiger partial charge in [-0.2, -0.15) is 5.26 Å². The minimum Gasteiger partial charge on any atom is -0.484 e. The number of nitrogens with zero attached hydrogens (tertiary/aromatic N) is 2. The van der Waals surface area contributed by atoms with Crippen molar-refractivity contribution >= 4 is 0 Å². The lowest BCUT2D eigenvalue weighted by molar-refractivity contribution is 0.201. The highest BCUT2D eigenvalue weighted by Crippen LogP contribution is 2.26. The number of aromatic nitrogens is 1. The molecule has 0 radical (unpaired) electrons. The Balaban J connectivity index is 1.89. The third-order valence-electron chi connectivity index (χ3n) is 3.90. The number of hydrogen-bond donors (Lipinski definition) is 0. The molecule has 0 spiro atoms. The molecule has 1 atom stereocenters. The number of benzene rings is 2. The van der Waals surface area contributed by atoms with Crippen LogP contribution in [0.4, 0.5) is 4.39 Å². The van der Waals surface area contributed by atoms with Gasteiger partial charge < -0.3 is 4.74 Å². The monoisotopic (exact) mass is 332 g/mol. The van der Waals surface area contributed by atoms with Gasteiger partial charge in [0, 0.05) is 18.2 Å². The number of ether oxygens (including phenoxy) is 1. The van der Waals surface area contributed by atoms with Gasteiger partial charge in [-0.1, -0.05) is 36.4 Å². The van der Waals surface area contributed by atoms with E-state index >= 15 is 0 Å². The van der Waals surface area contributed by atoms with Crippen LogP contribution in [0.2, 0.25) is 0 Å². The SMILES string of the molecule is N#Cc1ccc(OC(Cc2ccccc2)c2ccccn2)cc1CF. The highest BCUT2D eigenvalue weighted by molar-refractivity contribution is 5.42. The van der Waals surface area contributed by atoms with E-state index in [1.807, 2.05) is 54.6 Å². The maximum absolute atomic E-state index is 13.1. The van der Waals surface area contributed by atoms with Crippen LogP contribution in [-0.4, -0.2) is 4.98 Å². The molecule has 0 amide bonds. The predicted octanol–water partition coefficient (Wildman–Crippen LogP) is 4.79. The van der Waals surface area contributed by atoms with Gasteiger partial charge in [-0.25, -0.2) is 4.39 Å². The van der Waals surface area contributed by atoms with E-state index in [-0.39, 0.29) is 6.10 Å². The summed E-state index contributed by atoms with van der Waals surface area (Å²) in [5, 5.41) is 9.03. The molecule has 4 heteroatoms. The summed E-state index contributed by atoms with van der Waals surface area (Å²) in [5.74, 6) is 0.526. The van der Waals surface area contributed by atoms with Crippen LogP contribution in [0.15, 0.2) is 72.9 Å². The maximum atomic E-state index is 13.1. The Morgan fingerprint density at radius 1 is 1.04 bits per heavy atom. The molecule has 3 nitrogen and oxygen atoms in total. The zero-order valence-electron chi connectivity index (χ0n) is 13.6. The first-order chi connectivity index (χ1) is 12.3. The van der Waals surface area contributed by atoms with Crippen molar-refractivity contribution in [3.8, 4) is 11.8 Å². The van der Waals surface area contributed by atoms with E-state index in [1.54, 1.807) is 24.4 Å². The van der Waals surface area contributed by atoms with Crippen molar-refractivity contribution < 1.29 is 9.13 Å². The number of alkyl halides is 1. The van der Waals surface area contributed by atoms with Gasteiger partial charge in [-0.05, 0) is 35.9 Å². The molecular formula is C21H17FN2O. The summed E-state index contributed by atoms with van der Waals surface area (Å²) in [5.41, 5.74) is 2.59. The lowest BCUT2D eigenvalue weighted by atomic mass is 10.0.